The summed E-state index contributed by atoms with van der Waals surface area (Å²) in [5.41, 5.74) is 4.59. The van der Waals surface area contributed by atoms with Crippen LogP contribution in [0.2, 0.25) is 10.0 Å². The van der Waals surface area contributed by atoms with Crippen molar-refractivity contribution in [1.29, 1.82) is 0 Å². The molecule has 31 heavy (non-hydrogen) atoms. The Hall–Kier alpha value is -3.28. The molecule has 3 aromatic carbocycles. The van der Waals surface area contributed by atoms with Gasteiger partial charge in [-0.25, -0.2) is 4.79 Å². The second-order valence-electron chi connectivity index (χ2n) is 6.96. The minimum Gasteiger partial charge on any atom is -0.497 e. The highest BCUT2D eigenvalue weighted by Crippen LogP contribution is 2.31. The van der Waals surface area contributed by atoms with Gasteiger partial charge < -0.3 is 9.84 Å². The van der Waals surface area contributed by atoms with Crippen LogP contribution in [0.3, 0.4) is 0 Å². The smallest absolute Gasteiger partial charge is 0.335 e. The average molecular weight is 453 g/mol. The van der Waals surface area contributed by atoms with Gasteiger partial charge in [0.2, 0.25) is 0 Å². The first kappa shape index (κ1) is 21.0. The van der Waals surface area contributed by atoms with Crippen molar-refractivity contribution in [3.8, 4) is 28.3 Å². The summed E-state index contributed by atoms with van der Waals surface area (Å²) >= 11 is 12.4. The minimum absolute atomic E-state index is 0.244. The molecule has 0 radical (unpaired) electrons. The fourth-order valence-electron chi connectivity index (χ4n) is 3.30. The molecular formula is C24H18Cl2N2O3. The summed E-state index contributed by atoms with van der Waals surface area (Å²) in [6.45, 7) is 0.468. The predicted molar refractivity (Wildman–Crippen MR) is 122 cm³/mol. The number of carboxylic acid groups (broad SMARTS) is 1. The summed E-state index contributed by atoms with van der Waals surface area (Å²) in [6.07, 6.45) is 0. The topological polar surface area (TPSA) is 64.4 Å². The number of aromatic carboxylic acids is 1. The predicted octanol–water partition coefficient (Wildman–Crippen LogP) is 6.28. The molecule has 1 heterocycles. The number of aromatic nitrogens is 2. The second kappa shape index (κ2) is 8.84. The van der Waals surface area contributed by atoms with E-state index in [-0.39, 0.29) is 5.56 Å². The molecule has 0 amide bonds. The number of carboxylic acids is 1. The number of nitrogens with zero attached hydrogens (tertiary/aromatic N) is 2. The molecule has 0 saturated heterocycles. The lowest BCUT2D eigenvalue weighted by Crippen LogP contribution is -2.05. The molecule has 7 heteroatoms. The van der Waals surface area contributed by atoms with E-state index in [0.29, 0.717) is 16.6 Å². The number of rotatable bonds is 6. The number of ether oxygens (including phenoxy) is 1. The van der Waals surface area contributed by atoms with Crippen LogP contribution in [0.25, 0.3) is 22.5 Å². The molecule has 1 N–H and O–H groups in total. The Bertz CT molecular complexity index is 1210. The molecule has 0 fully saturated rings. The van der Waals surface area contributed by atoms with Crippen LogP contribution in [0.1, 0.15) is 15.9 Å². The lowest BCUT2D eigenvalue weighted by Gasteiger charge is -2.09. The third kappa shape index (κ3) is 4.74. The average Bonchev–Trinajstić information content (AvgIpc) is 3.17. The van der Waals surface area contributed by atoms with Gasteiger partial charge in [-0.05, 0) is 66.2 Å². The van der Waals surface area contributed by atoms with E-state index in [1.54, 1.807) is 37.4 Å². The van der Waals surface area contributed by atoms with Crippen LogP contribution in [0, 0.1) is 0 Å². The fourth-order valence-corrected chi connectivity index (χ4v) is 3.83. The van der Waals surface area contributed by atoms with Gasteiger partial charge >= 0.3 is 5.97 Å². The molecule has 1 aromatic heterocycles. The zero-order chi connectivity index (χ0) is 22.0. The Kier molecular flexibility index (Phi) is 5.98. The number of methoxy groups -OCH3 is 1. The molecule has 156 valence electrons. The standard InChI is InChI=1S/C24H18Cl2N2O3/c1-31-21-8-6-16(7-9-21)23-13-22(18-10-19(25)12-20(26)11-18)27-28(23)14-15-2-4-17(5-3-15)24(29)30/h2-13H,14H2,1H3,(H,29,30). The minimum atomic E-state index is -0.954. The summed E-state index contributed by atoms with van der Waals surface area (Å²) in [5, 5.41) is 15.0. The summed E-state index contributed by atoms with van der Waals surface area (Å²) < 4.78 is 7.14. The van der Waals surface area contributed by atoms with Crippen LogP contribution >= 0.6 is 23.2 Å². The van der Waals surface area contributed by atoms with Crippen molar-refractivity contribution in [3.05, 3.63) is 94.0 Å². The summed E-state index contributed by atoms with van der Waals surface area (Å²) in [7, 11) is 1.63. The lowest BCUT2D eigenvalue weighted by atomic mass is 10.1. The highest BCUT2D eigenvalue weighted by Gasteiger charge is 2.14. The largest absolute Gasteiger partial charge is 0.497 e. The molecule has 0 aliphatic rings. The van der Waals surface area contributed by atoms with Gasteiger partial charge in [0.25, 0.3) is 0 Å². The van der Waals surface area contributed by atoms with E-state index in [9.17, 15) is 4.79 Å². The molecule has 0 atom stereocenters. The highest BCUT2D eigenvalue weighted by molar-refractivity contribution is 6.35. The Morgan fingerprint density at radius 3 is 2.16 bits per heavy atom. The van der Waals surface area contributed by atoms with Gasteiger partial charge in [0.1, 0.15) is 5.75 Å². The zero-order valence-electron chi connectivity index (χ0n) is 16.5. The monoisotopic (exact) mass is 452 g/mol. The molecule has 0 aliphatic carbocycles. The molecule has 0 bridgehead atoms. The van der Waals surface area contributed by atoms with Crippen LogP contribution in [0.15, 0.2) is 72.8 Å². The van der Waals surface area contributed by atoms with Crippen molar-refractivity contribution in [3.63, 3.8) is 0 Å². The molecule has 0 saturated carbocycles. The Morgan fingerprint density at radius 2 is 1.58 bits per heavy atom. The van der Waals surface area contributed by atoms with Gasteiger partial charge in [-0.3, -0.25) is 4.68 Å². The fraction of sp³-hybridized carbons (Fsp3) is 0.0833. The van der Waals surface area contributed by atoms with Crippen LogP contribution in [-0.2, 0) is 6.54 Å². The van der Waals surface area contributed by atoms with Crippen molar-refractivity contribution in [2.45, 2.75) is 6.54 Å². The third-order valence-electron chi connectivity index (χ3n) is 4.86. The van der Waals surface area contributed by atoms with Gasteiger partial charge in [0.15, 0.2) is 0 Å². The summed E-state index contributed by atoms with van der Waals surface area (Å²) in [5.74, 6) is -0.189. The first-order chi connectivity index (χ1) is 14.9. The Balaban J connectivity index is 1.77. The van der Waals surface area contributed by atoms with Crippen molar-refractivity contribution in [1.82, 2.24) is 9.78 Å². The maximum Gasteiger partial charge on any atom is 0.335 e. The number of halogens is 2. The number of carbonyl (C=O) groups is 1. The van der Waals surface area contributed by atoms with Gasteiger partial charge in [-0.1, -0.05) is 35.3 Å². The van der Waals surface area contributed by atoms with Crippen molar-refractivity contribution >= 4 is 29.2 Å². The normalized spacial score (nSPS) is 10.8. The van der Waals surface area contributed by atoms with E-state index in [4.69, 9.17) is 38.1 Å². The van der Waals surface area contributed by atoms with E-state index in [1.807, 2.05) is 47.1 Å². The third-order valence-corrected chi connectivity index (χ3v) is 5.29. The van der Waals surface area contributed by atoms with Crippen molar-refractivity contribution in [2.24, 2.45) is 0 Å². The first-order valence-corrected chi connectivity index (χ1v) is 10.2. The molecular weight excluding hydrogens is 435 g/mol. The van der Waals surface area contributed by atoms with E-state index in [1.165, 1.54) is 0 Å². The maximum absolute atomic E-state index is 11.1. The molecule has 4 rings (SSSR count). The van der Waals surface area contributed by atoms with Crippen molar-refractivity contribution in [2.75, 3.05) is 7.11 Å². The van der Waals surface area contributed by atoms with Crippen LogP contribution in [-0.4, -0.2) is 28.0 Å². The van der Waals surface area contributed by atoms with Gasteiger partial charge in [-0.15, -0.1) is 0 Å². The van der Waals surface area contributed by atoms with E-state index >= 15 is 0 Å². The van der Waals surface area contributed by atoms with Crippen molar-refractivity contribution < 1.29 is 14.6 Å². The molecule has 0 unspecified atom stereocenters. The van der Waals surface area contributed by atoms with Gasteiger partial charge in [0.05, 0.1) is 30.6 Å². The summed E-state index contributed by atoms with van der Waals surface area (Å²) in [4.78, 5) is 11.1. The Labute approximate surface area is 189 Å². The first-order valence-electron chi connectivity index (χ1n) is 9.44. The SMILES string of the molecule is COc1ccc(-c2cc(-c3cc(Cl)cc(Cl)c3)nn2Cc2ccc(C(=O)O)cc2)cc1. The number of hydrogen-bond donors (Lipinski definition) is 1. The van der Waals surface area contributed by atoms with Gasteiger partial charge in [-0.2, -0.15) is 5.10 Å². The number of benzene rings is 3. The quantitative estimate of drug-likeness (QED) is 0.373. The zero-order valence-corrected chi connectivity index (χ0v) is 18.1. The van der Waals surface area contributed by atoms with E-state index < -0.39 is 5.97 Å². The Morgan fingerprint density at radius 1 is 0.935 bits per heavy atom. The highest BCUT2D eigenvalue weighted by atomic mass is 35.5. The molecule has 0 spiro atoms. The molecule has 4 aromatic rings. The van der Waals surface area contributed by atoms with Crippen LogP contribution < -0.4 is 4.74 Å². The van der Waals surface area contributed by atoms with Gasteiger partial charge in [0, 0.05) is 21.2 Å². The maximum atomic E-state index is 11.1. The van der Waals surface area contributed by atoms with E-state index in [2.05, 4.69) is 0 Å². The molecule has 5 nitrogen and oxygen atoms in total. The van der Waals surface area contributed by atoms with E-state index in [0.717, 1.165) is 33.8 Å². The van der Waals surface area contributed by atoms with Crippen LogP contribution in [0.5, 0.6) is 5.75 Å². The second-order valence-corrected chi connectivity index (χ2v) is 7.83. The summed E-state index contributed by atoms with van der Waals surface area (Å²) in [6, 6.07) is 21.8. The molecule has 0 aliphatic heterocycles. The lowest BCUT2D eigenvalue weighted by molar-refractivity contribution is 0.0697. The number of hydrogen-bond acceptors (Lipinski definition) is 3. The van der Waals surface area contributed by atoms with Crippen LogP contribution in [0.4, 0.5) is 0 Å².